The lowest BCUT2D eigenvalue weighted by atomic mass is 9.93. The van der Waals surface area contributed by atoms with Crippen molar-refractivity contribution in [2.24, 2.45) is 4.99 Å². The van der Waals surface area contributed by atoms with Crippen molar-refractivity contribution in [3.63, 3.8) is 0 Å². The van der Waals surface area contributed by atoms with Crippen molar-refractivity contribution in [2.75, 3.05) is 7.11 Å². The number of nitrogens with zero attached hydrogens (tertiary/aromatic N) is 4. The van der Waals surface area contributed by atoms with Crippen LogP contribution in [0.5, 0.6) is 0 Å². The molecule has 9 heteroatoms. The first kappa shape index (κ1) is 10.0. The van der Waals surface area contributed by atoms with E-state index in [0.717, 1.165) is 0 Å². The van der Waals surface area contributed by atoms with Gasteiger partial charge in [0.05, 0.1) is 5.16 Å². The molecule has 0 fully saturated rings. The highest BCUT2D eigenvalue weighted by Gasteiger charge is 2.44. The van der Waals surface area contributed by atoms with E-state index in [1.807, 2.05) is 0 Å². The maximum Gasteiger partial charge on any atom is 0.337 e. The Bertz CT molecular complexity index is 522. The Balaban J connectivity index is 2.11. The van der Waals surface area contributed by atoms with E-state index < -0.39 is 12.2 Å². The molecule has 2 aliphatic rings. The topological polar surface area (TPSA) is 110 Å². The molecule has 0 aliphatic carbocycles. The largest absolute Gasteiger partial charge is 0.372 e. The van der Waals surface area contributed by atoms with Crippen molar-refractivity contribution in [2.45, 2.75) is 18.6 Å². The summed E-state index contributed by atoms with van der Waals surface area (Å²) in [6.45, 7) is 0. The van der Waals surface area contributed by atoms with Crippen molar-refractivity contribution >= 4 is 17.7 Å². The molecular weight excluding hydrogens is 232 g/mol. The van der Waals surface area contributed by atoms with Crippen LogP contribution in [0.1, 0.15) is 18.0 Å². The first-order valence-electron chi connectivity index (χ1n) is 4.88. The fourth-order valence-electron chi connectivity index (χ4n) is 1.93. The van der Waals surface area contributed by atoms with Crippen LogP contribution in [0.2, 0.25) is 0 Å². The molecule has 0 amide bonds. The van der Waals surface area contributed by atoms with E-state index in [4.69, 9.17) is 9.57 Å². The van der Waals surface area contributed by atoms with E-state index in [-0.39, 0.29) is 22.1 Å². The average Bonchev–Trinajstić information content (AvgIpc) is 2.71. The van der Waals surface area contributed by atoms with Gasteiger partial charge in [-0.05, 0) is 4.90 Å². The molecule has 17 heavy (non-hydrogen) atoms. The highest BCUT2D eigenvalue weighted by Crippen LogP contribution is 2.33. The van der Waals surface area contributed by atoms with Crippen molar-refractivity contribution in [1.29, 1.82) is 0 Å². The fraction of sp³-hybridized carbons (Fsp3) is 0.500. The van der Waals surface area contributed by atoms with Crippen molar-refractivity contribution in [3.8, 4) is 0 Å². The van der Waals surface area contributed by atoms with Gasteiger partial charge < -0.3 is 14.8 Å². The summed E-state index contributed by atoms with van der Waals surface area (Å²) >= 11 is 0. The standard InChI is InChI=1S/C8H8N4O5/c1-15-6-2-4-5(11(13)16-6)3-9-8-7(4)12(14)17-10-8/h3-4,6H,2H2,1H3. The Labute approximate surface area is 94.6 Å². The molecule has 0 spiro atoms. The molecule has 2 atom stereocenters. The molecule has 1 aromatic rings. The first-order valence-corrected chi connectivity index (χ1v) is 4.88. The molecule has 90 valence electrons. The maximum absolute atomic E-state index is 11.6. The molecule has 3 heterocycles. The third-order valence-electron chi connectivity index (χ3n) is 2.75. The third kappa shape index (κ3) is 1.35. The summed E-state index contributed by atoms with van der Waals surface area (Å²) in [5.41, 5.74) is 0.437. The summed E-state index contributed by atoms with van der Waals surface area (Å²) in [6.07, 6.45) is 0.928. The number of rotatable bonds is 1. The molecular formula is C8H8N4O5. The van der Waals surface area contributed by atoms with Gasteiger partial charge in [-0.1, -0.05) is 0 Å². The normalized spacial score (nSPS) is 26.4. The average molecular weight is 240 g/mol. The smallest absolute Gasteiger partial charge is 0.337 e. The van der Waals surface area contributed by atoms with Crippen LogP contribution in [0, 0.1) is 10.4 Å². The molecule has 0 bridgehead atoms. The SMILES string of the molecule is COC1CC2C(=[N+]([O-])O1)C=Nc1no[n+]([O-])c12. The van der Waals surface area contributed by atoms with Crippen LogP contribution in [0.15, 0.2) is 9.62 Å². The lowest BCUT2D eigenvalue weighted by Crippen LogP contribution is -2.43. The van der Waals surface area contributed by atoms with E-state index in [1.165, 1.54) is 13.3 Å². The maximum atomic E-state index is 11.6. The van der Waals surface area contributed by atoms with Gasteiger partial charge in [0.2, 0.25) is 5.69 Å². The second-order valence-corrected chi connectivity index (χ2v) is 3.64. The van der Waals surface area contributed by atoms with E-state index in [9.17, 15) is 10.4 Å². The van der Waals surface area contributed by atoms with Gasteiger partial charge in [-0.2, -0.15) is 0 Å². The molecule has 9 nitrogen and oxygen atoms in total. The Kier molecular flexibility index (Phi) is 2.01. The zero-order valence-electron chi connectivity index (χ0n) is 8.77. The third-order valence-corrected chi connectivity index (χ3v) is 2.75. The summed E-state index contributed by atoms with van der Waals surface area (Å²) in [5, 5.41) is 26.5. The highest BCUT2D eigenvalue weighted by molar-refractivity contribution is 6.32. The lowest BCUT2D eigenvalue weighted by molar-refractivity contribution is -0.810. The number of methoxy groups -OCH3 is 1. The van der Waals surface area contributed by atoms with Gasteiger partial charge in [0, 0.05) is 18.4 Å². The molecule has 0 N–H and O–H groups in total. The quantitative estimate of drug-likeness (QED) is 0.604. The van der Waals surface area contributed by atoms with Gasteiger partial charge in [0.15, 0.2) is 6.29 Å². The summed E-state index contributed by atoms with van der Waals surface area (Å²) in [7, 11) is 1.42. The van der Waals surface area contributed by atoms with Gasteiger partial charge >= 0.3 is 5.82 Å². The predicted molar refractivity (Wildman–Crippen MR) is 51.5 cm³/mol. The second-order valence-electron chi connectivity index (χ2n) is 3.64. The van der Waals surface area contributed by atoms with Crippen LogP contribution in [0.4, 0.5) is 5.82 Å². The highest BCUT2D eigenvalue weighted by atomic mass is 16.9. The van der Waals surface area contributed by atoms with Gasteiger partial charge in [0.1, 0.15) is 12.1 Å². The number of aromatic nitrogens is 2. The van der Waals surface area contributed by atoms with E-state index in [0.29, 0.717) is 11.3 Å². The molecule has 3 rings (SSSR count). The Morgan fingerprint density at radius 2 is 2.35 bits per heavy atom. The van der Waals surface area contributed by atoms with E-state index in [1.54, 1.807) is 0 Å². The molecule has 0 radical (unpaired) electrons. The van der Waals surface area contributed by atoms with E-state index in [2.05, 4.69) is 14.8 Å². The fourth-order valence-corrected chi connectivity index (χ4v) is 1.93. The number of fused-ring (bicyclic) bond motifs is 3. The van der Waals surface area contributed by atoms with Crippen molar-refractivity contribution in [3.05, 3.63) is 16.1 Å². The van der Waals surface area contributed by atoms with Gasteiger partial charge in [-0.3, -0.25) is 9.84 Å². The summed E-state index contributed by atoms with van der Waals surface area (Å²) in [4.78, 5) is 9.31. The monoisotopic (exact) mass is 240 g/mol. The zero-order valence-corrected chi connectivity index (χ0v) is 8.77. The lowest BCUT2D eigenvalue weighted by Gasteiger charge is -2.27. The summed E-state index contributed by atoms with van der Waals surface area (Å²) in [5.74, 6) is -0.304. The van der Waals surface area contributed by atoms with Crippen LogP contribution in [0.3, 0.4) is 0 Å². The van der Waals surface area contributed by atoms with Crippen LogP contribution in [-0.2, 0) is 9.57 Å². The van der Waals surface area contributed by atoms with Crippen LogP contribution in [0.25, 0.3) is 0 Å². The van der Waals surface area contributed by atoms with Crippen molar-refractivity contribution in [1.82, 2.24) is 5.16 Å². The molecule has 2 aliphatic heterocycles. The minimum atomic E-state index is -0.713. The Hall–Kier alpha value is -2.16. The van der Waals surface area contributed by atoms with Gasteiger partial charge in [0.25, 0.3) is 5.71 Å². The molecule has 0 saturated carbocycles. The van der Waals surface area contributed by atoms with Crippen LogP contribution < -0.4 is 4.90 Å². The number of hydrogen-bond acceptors (Lipinski definition) is 7. The van der Waals surface area contributed by atoms with Gasteiger partial charge in [-0.25, -0.2) is 4.99 Å². The predicted octanol–water partition coefficient (Wildman–Crippen LogP) is -0.633. The molecule has 0 aromatic carbocycles. The Morgan fingerprint density at radius 1 is 1.53 bits per heavy atom. The zero-order chi connectivity index (χ0) is 12.0. The number of aliphatic imine (C=N–C) groups is 1. The molecule has 2 unspecified atom stereocenters. The first-order chi connectivity index (χ1) is 8.20. The van der Waals surface area contributed by atoms with Crippen molar-refractivity contribution < 1.29 is 24.0 Å². The summed E-state index contributed by atoms with van der Waals surface area (Å²) < 4.78 is 9.41. The van der Waals surface area contributed by atoms with E-state index >= 15 is 0 Å². The molecule has 0 saturated heterocycles. The molecule has 1 aromatic heterocycles. The second kappa shape index (κ2) is 3.42. The minimum Gasteiger partial charge on any atom is -0.372 e. The number of ether oxygens (including phenoxy) is 1. The Morgan fingerprint density at radius 3 is 3.12 bits per heavy atom. The van der Waals surface area contributed by atoms with Gasteiger partial charge in [-0.15, -0.1) is 0 Å². The summed E-state index contributed by atoms with van der Waals surface area (Å²) in [6, 6.07) is 0. The van der Waals surface area contributed by atoms with Crippen LogP contribution >= 0.6 is 0 Å². The minimum absolute atomic E-state index is 0.180. The van der Waals surface area contributed by atoms with Crippen LogP contribution in [-0.4, -0.2) is 35.4 Å². The number of hydrogen-bond donors (Lipinski definition) is 0.